The Kier molecular flexibility index (Phi) is 3.54. The zero-order valence-electron chi connectivity index (χ0n) is 8.19. The van der Waals surface area contributed by atoms with Gasteiger partial charge in [0.15, 0.2) is 11.5 Å². The Hall–Kier alpha value is -1.38. The third-order valence-corrected chi connectivity index (χ3v) is 2.37. The van der Waals surface area contributed by atoms with Gasteiger partial charge in [-0.2, -0.15) is 0 Å². The Bertz CT molecular complexity index is 406. The Morgan fingerprint density at radius 3 is 1.19 bits per heavy atom. The lowest BCUT2D eigenvalue weighted by molar-refractivity contribution is -0.0999. The van der Waals surface area contributed by atoms with E-state index in [1.54, 1.807) is 48.5 Å². The average Bonchev–Trinajstić information content (AvgIpc) is 2.30. The second kappa shape index (κ2) is 5.10. The molecule has 4 heteroatoms. The summed E-state index contributed by atoms with van der Waals surface area (Å²) in [5, 5.41) is 1.30. The van der Waals surface area contributed by atoms with Gasteiger partial charge in [0, 0.05) is 10.0 Å². The predicted octanol–water partition coefficient (Wildman–Crippen LogP) is 4.37. The summed E-state index contributed by atoms with van der Waals surface area (Å²) in [7, 11) is 0. The van der Waals surface area contributed by atoms with Gasteiger partial charge < -0.3 is 0 Å². The maximum Gasteiger partial charge on any atom is 0.178 e. The molecule has 0 atom stereocenters. The van der Waals surface area contributed by atoms with Gasteiger partial charge >= 0.3 is 0 Å². The molecule has 0 spiro atoms. The van der Waals surface area contributed by atoms with E-state index in [1.165, 1.54) is 0 Å². The molecule has 2 aromatic rings. The molecule has 0 unspecified atom stereocenters. The van der Waals surface area contributed by atoms with Gasteiger partial charge in [-0.15, -0.1) is 0 Å². The first-order valence-electron chi connectivity index (χ1n) is 4.60. The smallest absolute Gasteiger partial charge is 0.178 e. The van der Waals surface area contributed by atoms with Crippen LogP contribution in [0.2, 0.25) is 10.0 Å². The summed E-state index contributed by atoms with van der Waals surface area (Å²) in [5.74, 6) is 1.17. The lowest BCUT2D eigenvalue weighted by atomic mass is 10.3. The SMILES string of the molecule is Clc1ccc(OOc2ccc(Cl)cc2)cc1. The van der Waals surface area contributed by atoms with Crippen molar-refractivity contribution in [3.8, 4) is 11.5 Å². The molecule has 0 aliphatic heterocycles. The van der Waals surface area contributed by atoms with Crippen LogP contribution in [0.25, 0.3) is 0 Å². The predicted molar refractivity (Wildman–Crippen MR) is 64.2 cm³/mol. The van der Waals surface area contributed by atoms with Gasteiger partial charge in [0.1, 0.15) is 0 Å². The van der Waals surface area contributed by atoms with E-state index in [2.05, 4.69) is 0 Å². The summed E-state index contributed by atoms with van der Waals surface area (Å²) in [6.45, 7) is 0. The van der Waals surface area contributed by atoms with Crippen molar-refractivity contribution in [2.45, 2.75) is 0 Å². The highest BCUT2D eigenvalue weighted by Gasteiger charge is 1.97. The fraction of sp³-hybridized carbons (Fsp3) is 0. The molecule has 16 heavy (non-hydrogen) atoms. The number of rotatable bonds is 3. The van der Waals surface area contributed by atoms with Crippen molar-refractivity contribution >= 4 is 23.2 Å². The normalized spacial score (nSPS) is 9.88. The maximum atomic E-state index is 5.74. The zero-order chi connectivity index (χ0) is 11.4. The molecule has 82 valence electrons. The summed E-state index contributed by atoms with van der Waals surface area (Å²) in [6.07, 6.45) is 0. The highest BCUT2D eigenvalue weighted by Crippen LogP contribution is 2.19. The van der Waals surface area contributed by atoms with Crippen LogP contribution in [0.1, 0.15) is 0 Å². The Morgan fingerprint density at radius 1 is 0.562 bits per heavy atom. The molecule has 0 bridgehead atoms. The molecule has 2 rings (SSSR count). The van der Waals surface area contributed by atoms with Gasteiger partial charge in [0.25, 0.3) is 0 Å². The van der Waals surface area contributed by atoms with Crippen molar-refractivity contribution in [1.29, 1.82) is 0 Å². The molecule has 0 N–H and O–H groups in total. The highest BCUT2D eigenvalue weighted by atomic mass is 35.5. The summed E-state index contributed by atoms with van der Waals surface area (Å²) in [4.78, 5) is 10.2. The third kappa shape index (κ3) is 3.05. The van der Waals surface area contributed by atoms with Crippen LogP contribution in [0.4, 0.5) is 0 Å². The number of benzene rings is 2. The molecule has 2 nitrogen and oxygen atoms in total. The van der Waals surface area contributed by atoms with Crippen LogP contribution in [0.5, 0.6) is 11.5 Å². The minimum atomic E-state index is 0.583. The van der Waals surface area contributed by atoms with Crippen LogP contribution in [0, 0.1) is 0 Å². The topological polar surface area (TPSA) is 18.5 Å². The van der Waals surface area contributed by atoms with Gasteiger partial charge in [0.05, 0.1) is 0 Å². The van der Waals surface area contributed by atoms with Gasteiger partial charge in [-0.1, -0.05) is 23.2 Å². The molecule has 0 saturated heterocycles. The summed E-state index contributed by atoms with van der Waals surface area (Å²) < 4.78 is 0. The van der Waals surface area contributed by atoms with Crippen LogP contribution in [0.15, 0.2) is 48.5 Å². The molecule has 0 radical (unpaired) electrons. The molecule has 0 fully saturated rings. The van der Waals surface area contributed by atoms with Crippen molar-refractivity contribution in [2.75, 3.05) is 0 Å². The Labute approximate surface area is 103 Å². The minimum absolute atomic E-state index is 0.583. The lowest BCUT2D eigenvalue weighted by Crippen LogP contribution is -1.99. The molecule has 0 saturated carbocycles. The minimum Gasteiger partial charge on any atom is -0.290 e. The molecule has 0 aliphatic rings. The number of halogens is 2. The first-order valence-corrected chi connectivity index (χ1v) is 5.35. The van der Waals surface area contributed by atoms with Crippen LogP contribution in [-0.2, 0) is 0 Å². The fourth-order valence-electron chi connectivity index (χ4n) is 1.08. The quantitative estimate of drug-likeness (QED) is 0.599. The standard InChI is InChI=1S/C12H8Cl2O2/c13-9-1-5-11(6-2-9)15-16-12-7-3-10(14)4-8-12/h1-8H. The monoisotopic (exact) mass is 254 g/mol. The van der Waals surface area contributed by atoms with Gasteiger partial charge in [-0.05, 0) is 48.5 Å². The van der Waals surface area contributed by atoms with Crippen LogP contribution in [0.3, 0.4) is 0 Å². The lowest BCUT2D eigenvalue weighted by Gasteiger charge is -2.05. The molecule has 0 aliphatic carbocycles. The van der Waals surface area contributed by atoms with Gasteiger partial charge in [-0.25, -0.2) is 0 Å². The van der Waals surface area contributed by atoms with Crippen LogP contribution < -0.4 is 9.78 Å². The van der Waals surface area contributed by atoms with Crippen molar-refractivity contribution in [3.05, 3.63) is 58.6 Å². The summed E-state index contributed by atoms with van der Waals surface area (Å²) in [5.41, 5.74) is 0. The van der Waals surface area contributed by atoms with Crippen molar-refractivity contribution < 1.29 is 9.78 Å². The first kappa shape index (κ1) is 11.1. The van der Waals surface area contributed by atoms with Crippen molar-refractivity contribution in [3.63, 3.8) is 0 Å². The van der Waals surface area contributed by atoms with Gasteiger partial charge in [0.2, 0.25) is 0 Å². The Morgan fingerprint density at radius 2 is 0.875 bits per heavy atom. The Balaban J connectivity index is 1.97. The largest absolute Gasteiger partial charge is 0.290 e. The van der Waals surface area contributed by atoms with Crippen molar-refractivity contribution in [2.24, 2.45) is 0 Å². The van der Waals surface area contributed by atoms with Crippen molar-refractivity contribution in [1.82, 2.24) is 0 Å². The van der Waals surface area contributed by atoms with E-state index in [-0.39, 0.29) is 0 Å². The highest BCUT2D eigenvalue weighted by molar-refractivity contribution is 6.30. The van der Waals surface area contributed by atoms with E-state index in [4.69, 9.17) is 33.0 Å². The number of hydrogen-bond donors (Lipinski definition) is 0. The van der Waals surface area contributed by atoms with E-state index < -0.39 is 0 Å². The van der Waals surface area contributed by atoms with Crippen LogP contribution in [-0.4, -0.2) is 0 Å². The molecule has 0 heterocycles. The van der Waals surface area contributed by atoms with E-state index in [0.717, 1.165) is 0 Å². The second-order valence-corrected chi connectivity index (χ2v) is 3.95. The number of hydrogen-bond acceptors (Lipinski definition) is 2. The van der Waals surface area contributed by atoms with Gasteiger partial charge in [-0.3, -0.25) is 9.78 Å². The molecule has 0 aromatic heterocycles. The van der Waals surface area contributed by atoms with E-state index in [1.807, 2.05) is 0 Å². The maximum absolute atomic E-state index is 5.74. The van der Waals surface area contributed by atoms with Crippen LogP contribution >= 0.6 is 23.2 Å². The van der Waals surface area contributed by atoms with E-state index in [9.17, 15) is 0 Å². The summed E-state index contributed by atoms with van der Waals surface area (Å²) >= 11 is 11.5. The molecule has 2 aromatic carbocycles. The fourth-order valence-corrected chi connectivity index (χ4v) is 1.33. The van der Waals surface area contributed by atoms with E-state index >= 15 is 0 Å². The molecular formula is C12H8Cl2O2. The van der Waals surface area contributed by atoms with E-state index in [0.29, 0.717) is 21.5 Å². The molecular weight excluding hydrogens is 247 g/mol. The summed E-state index contributed by atoms with van der Waals surface area (Å²) in [6, 6.07) is 13.8. The average molecular weight is 255 g/mol. The zero-order valence-corrected chi connectivity index (χ0v) is 9.70. The molecule has 0 amide bonds. The third-order valence-electron chi connectivity index (χ3n) is 1.86. The second-order valence-electron chi connectivity index (χ2n) is 3.07. The first-order chi connectivity index (χ1) is 7.74.